The molecule has 2 heterocycles. The van der Waals surface area contributed by atoms with E-state index >= 15 is 0 Å². The van der Waals surface area contributed by atoms with Crippen LogP contribution in [-0.2, 0) is 16.1 Å². The van der Waals surface area contributed by atoms with Crippen molar-refractivity contribution < 1.29 is 23.5 Å². The van der Waals surface area contributed by atoms with Crippen LogP contribution in [0.15, 0.2) is 59.0 Å². The molecule has 4 aromatic rings. The Bertz CT molecular complexity index is 1410. The van der Waals surface area contributed by atoms with Gasteiger partial charge in [-0.1, -0.05) is 31.2 Å². The van der Waals surface area contributed by atoms with Gasteiger partial charge in [0, 0.05) is 18.3 Å². The molecule has 0 aliphatic rings. The van der Waals surface area contributed by atoms with E-state index in [0.29, 0.717) is 52.2 Å². The third-order valence-electron chi connectivity index (χ3n) is 6.18. The first-order valence-electron chi connectivity index (χ1n) is 12.5. The molecule has 38 heavy (non-hydrogen) atoms. The zero-order valence-electron chi connectivity index (χ0n) is 22.3. The average Bonchev–Trinajstić information content (AvgIpc) is 3.52. The van der Waals surface area contributed by atoms with Crippen molar-refractivity contribution in [2.24, 2.45) is 5.92 Å². The van der Waals surface area contributed by atoms with E-state index in [4.69, 9.17) is 13.9 Å². The molecule has 0 saturated heterocycles. The fourth-order valence-electron chi connectivity index (χ4n) is 4.21. The van der Waals surface area contributed by atoms with Crippen LogP contribution >= 0.6 is 0 Å². The van der Waals surface area contributed by atoms with E-state index in [1.54, 1.807) is 37.3 Å². The van der Waals surface area contributed by atoms with Crippen LogP contribution in [0.4, 0.5) is 5.69 Å². The van der Waals surface area contributed by atoms with Gasteiger partial charge in [0.2, 0.25) is 5.91 Å². The lowest BCUT2D eigenvalue weighted by molar-refractivity contribution is -0.127. The van der Waals surface area contributed by atoms with Crippen LogP contribution in [0.5, 0.6) is 11.5 Å². The number of aryl methyl sites for hydroxylation is 1. The number of amides is 2. The molecule has 1 atom stereocenters. The number of furan rings is 1. The van der Waals surface area contributed by atoms with Gasteiger partial charge in [0.25, 0.3) is 5.91 Å². The Morgan fingerprint density at radius 1 is 1.05 bits per heavy atom. The molecule has 0 saturated carbocycles. The second kappa shape index (κ2) is 11.8. The highest BCUT2D eigenvalue weighted by molar-refractivity contribution is 6.01. The van der Waals surface area contributed by atoms with Gasteiger partial charge in [-0.05, 0) is 55.7 Å². The molecule has 0 aliphatic heterocycles. The smallest absolute Gasteiger partial charge is 0.251 e. The number of carbonyl (C=O) groups excluding carboxylic acids is 2. The SMILES string of the molecule is COc1ccc(N(C(=O)Cn2nnc3ccccc32)C(C(=O)NCCC(C)C)c2ccc(C)o2)cc1OC. The summed E-state index contributed by atoms with van der Waals surface area (Å²) in [5, 5.41) is 11.3. The van der Waals surface area contributed by atoms with Gasteiger partial charge >= 0.3 is 0 Å². The third kappa shape index (κ3) is 5.80. The van der Waals surface area contributed by atoms with Gasteiger partial charge in [0.05, 0.1) is 19.7 Å². The van der Waals surface area contributed by atoms with Gasteiger partial charge in [-0.2, -0.15) is 0 Å². The lowest BCUT2D eigenvalue weighted by Crippen LogP contribution is -2.45. The minimum Gasteiger partial charge on any atom is -0.493 e. The highest BCUT2D eigenvalue weighted by Crippen LogP contribution is 2.36. The molecular weight excluding hydrogens is 486 g/mol. The van der Waals surface area contributed by atoms with E-state index in [1.165, 1.54) is 23.8 Å². The van der Waals surface area contributed by atoms with E-state index in [-0.39, 0.29) is 18.4 Å². The number of hydrogen-bond donors (Lipinski definition) is 1. The number of para-hydroxylation sites is 1. The maximum Gasteiger partial charge on any atom is 0.251 e. The Hall–Kier alpha value is -4.34. The molecule has 4 rings (SSSR count). The van der Waals surface area contributed by atoms with Gasteiger partial charge in [-0.3, -0.25) is 14.5 Å². The molecule has 1 unspecified atom stereocenters. The summed E-state index contributed by atoms with van der Waals surface area (Å²) < 4.78 is 18.3. The first-order valence-corrected chi connectivity index (χ1v) is 12.5. The Morgan fingerprint density at radius 3 is 2.50 bits per heavy atom. The first-order chi connectivity index (χ1) is 18.3. The van der Waals surface area contributed by atoms with Crippen LogP contribution in [0.3, 0.4) is 0 Å². The number of ether oxygens (including phenoxy) is 2. The molecule has 10 nitrogen and oxygen atoms in total. The summed E-state index contributed by atoms with van der Waals surface area (Å²) in [5.74, 6) is 1.56. The fraction of sp³-hybridized carbons (Fsp3) is 0.357. The van der Waals surface area contributed by atoms with Gasteiger partial charge in [0.1, 0.15) is 23.6 Å². The molecule has 0 aliphatic carbocycles. The molecule has 0 spiro atoms. The second-order valence-corrected chi connectivity index (χ2v) is 9.36. The van der Waals surface area contributed by atoms with Crippen molar-refractivity contribution in [1.29, 1.82) is 0 Å². The van der Waals surface area contributed by atoms with Crippen LogP contribution in [0.1, 0.15) is 37.8 Å². The number of rotatable bonds is 11. The summed E-state index contributed by atoms with van der Waals surface area (Å²) in [6.45, 7) is 6.28. The molecule has 10 heteroatoms. The number of benzene rings is 2. The van der Waals surface area contributed by atoms with Crippen molar-refractivity contribution in [1.82, 2.24) is 20.3 Å². The Balaban J connectivity index is 1.79. The normalized spacial score (nSPS) is 11.9. The quantitative estimate of drug-likeness (QED) is 0.315. The van der Waals surface area contributed by atoms with Crippen LogP contribution in [0, 0.1) is 12.8 Å². The van der Waals surface area contributed by atoms with E-state index < -0.39 is 6.04 Å². The van der Waals surface area contributed by atoms with Crippen molar-refractivity contribution in [2.75, 3.05) is 25.7 Å². The lowest BCUT2D eigenvalue weighted by Gasteiger charge is -2.30. The van der Waals surface area contributed by atoms with Crippen molar-refractivity contribution in [3.8, 4) is 11.5 Å². The van der Waals surface area contributed by atoms with Crippen molar-refractivity contribution in [2.45, 2.75) is 39.8 Å². The van der Waals surface area contributed by atoms with Gasteiger partial charge < -0.3 is 19.2 Å². The third-order valence-corrected chi connectivity index (χ3v) is 6.18. The molecule has 0 bridgehead atoms. The molecule has 2 amide bonds. The first kappa shape index (κ1) is 26.7. The monoisotopic (exact) mass is 519 g/mol. The van der Waals surface area contributed by atoms with Gasteiger partial charge in [0.15, 0.2) is 17.5 Å². The molecule has 0 fully saturated rings. The molecular formula is C28H33N5O5. The molecule has 2 aromatic heterocycles. The average molecular weight is 520 g/mol. The number of hydrogen-bond acceptors (Lipinski definition) is 7. The number of nitrogens with zero attached hydrogens (tertiary/aromatic N) is 4. The Labute approximate surface area is 221 Å². The Kier molecular flexibility index (Phi) is 8.30. The summed E-state index contributed by atoms with van der Waals surface area (Å²) in [4.78, 5) is 29.2. The molecule has 200 valence electrons. The Morgan fingerprint density at radius 2 is 1.82 bits per heavy atom. The van der Waals surface area contributed by atoms with E-state index in [1.807, 2.05) is 24.3 Å². The van der Waals surface area contributed by atoms with Crippen molar-refractivity contribution in [3.63, 3.8) is 0 Å². The van der Waals surface area contributed by atoms with Crippen LogP contribution in [0.25, 0.3) is 11.0 Å². The van der Waals surface area contributed by atoms with Crippen LogP contribution in [0.2, 0.25) is 0 Å². The maximum atomic E-state index is 14.1. The van der Waals surface area contributed by atoms with Gasteiger partial charge in [-0.15, -0.1) is 5.10 Å². The number of anilines is 1. The number of carbonyl (C=O) groups is 2. The minimum absolute atomic E-state index is 0.148. The maximum absolute atomic E-state index is 14.1. The zero-order valence-corrected chi connectivity index (χ0v) is 22.3. The van der Waals surface area contributed by atoms with Crippen LogP contribution < -0.4 is 19.7 Å². The summed E-state index contributed by atoms with van der Waals surface area (Å²) in [6.07, 6.45) is 0.797. The topological polar surface area (TPSA) is 112 Å². The van der Waals surface area contributed by atoms with E-state index in [9.17, 15) is 9.59 Å². The van der Waals surface area contributed by atoms with Crippen molar-refractivity contribution >= 4 is 28.5 Å². The van der Waals surface area contributed by atoms with Gasteiger partial charge in [-0.25, -0.2) is 4.68 Å². The molecule has 1 N–H and O–H groups in total. The number of aromatic nitrogens is 3. The largest absolute Gasteiger partial charge is 0.493 e. The number of fused-ring (bicyclic) bond motifs is 1. The standard InChI is InChI=1S/C28H33N5O5/c1-18(2)14-15-29-28(35)27(24-12-10-19(3)38-24)33(20-11-13-23(36-4)25(16-20)37-5)26(34)17-32-22-9-7-6-8-21(22)30-31-32/h6-13,16,18,27H,14-15,17H2,1-5H3,(H,29,35). The highest BCUT2D eigenvalue weighted by atomic mass is 16.5. The summed E-state index contributed by atoms with van der Waals surface area (Å²) in [5.41, 5.74) is 1.82. The van der Waals surface area contributed by atoms with E-state index in [2.05, 4.69) is 29.5 Å². The molecule has 2 aromatic carbocycles. The van der Waals surface area contributed by atoms with Crippen molar-refractivity contribution in [3.05, 3.63) is 66.1 Å². The number of nitrogens with one attached hydrogen (secondary N) is 1. The summed E-state index contributed by atoms with van der Waals surface area (Å²) in [6, 6.07) is 14.9. The predicted molar refractivity (Wildman–Crippen MR) is 143 cm³/mol. The fourth-order valence-corrected chi connectivity index (χ4v) is 4.21. The number of methoxy groups -OCH3 is 2. The van der Waals surface area contributed by atoms with Crippen LogP contribution in [-0.4, -0.2) is 47.6 Å². The highest BCUT2D eigenvalue weighted by Gasteiger charge is 2.36. The summed E-state index contributed by atoms with van der Waals surface area (Å²) >= 11 is 0. The molecule has 0 radical (unpaired) electrons. The lowest BCUT2D eigenvalue weighted by atomic mass is 10.1. The zero-order chi connectivity index (χ0) is 27.2. The predicted octanol–water partition coefficient (Wildman–Crippen LogP) is 4.29. The minimum atomic E-state index is -1.07. The summed E-state index contributed by atoms with van der Waals surface area (Å²) in [7, 11) is 3.05. The van der Waals surface area contributed by atoms with E-state index in [0.717, 1.165) is 6.42 Å². The second-order valence-electron chi connectivity index (χ2n) is 9.36.